The molecule has 0 aromatic heterocycles. The number of methoxy groups -OCH3 is 1. The minimum absolute atomic E-state index is 0.00381. The van der Waals surface area contributed by atoms with Crippen molar-refractivity contribution >= 4 is 23.0 Å². The molecular weight excluding hydrogens is 196 g/mol. The Kier molecular flexibility index (Phi) is 2.57. The van der Waals surface area contributed by atoms with E-state index in [0.717, 1.165) is 6.07 Å². The number of nitro benzene ring substituents is 1. The average molecular weight is 202 g/mol. The normalized spacial score (nSPS) is 9.69. The van der Waals surface area contributed by atoms with E-state index >= 15 is 0 Å². The van der Waals surface area contributed by atoms with Crippen molar-refractivity contribution in [1.82, 2.24) is 5.73 Å². The molecule has 0 unspecified atom stereocenters. The number of ether oxygens (including phenoxy) is 1. The summed E-state index contributed by atoms with van der Waals surface area (Å²) in [7, 11) is 1.30. The molecule has 0 aliphatic carbocycles. The highest BCUT2D eigenvalue weighted by molar-refractivity contribution is 6.33. The summed E-state index contributed by atoms with van der Waals surface area (Å²) in [5.74, 6) is 0.0411. The van der Waals surface area contributed by atoms with Crippen LogP contribution in [0.5, 0.6) is 5.75 Å². The number of hydrogen-bond acceptors (Lipinski definition) is 3. The third-order valence-corrected chi connectivity index (χ3v) is 1.78. The van der Waals surface area contributed by atoms with E-state index in [9.17, 15) is 10.1 Å². The third kappa shape index (κ3) is 1.81. The van der Waals surface area contributed by atoms with Gasteiger partial charge in [-0.1, -0.05) is 11.6 Å². The largest absolute Gasteiger partial charge is 0.490 e. The van der Waals surface area contributed by atoms with E-state index in [-0.39, 0.29) is 22.1 Å². The highest BCUT2D eigenvalue weighted by Gasteiger charge is 2.16. The Morgan fingerprint density at radius 2 is 2.23 bits per heavy atom. The summed E-state index contributed by atoms with van der Waals surface area (Å²) in [6.07, 6.45) is 0. The molecule has 1 aromatic rings. The minimum Gasteiger partial charge on any atom is -0.490 e. The fraction of sp³-hybridized carbons (Fsp3) is 0.143. The van der Waals surface area contributed by atoms with Crippen LogP contribution in [0.1, 0.15) is 0 Å². The van der Waals surface area contributed by atoms with Crippen molar-refractivity contribution in [1.29, 1.82) is 0 Å². The Morgan fingerprint density at radius 3 is 2.69 bits per heavy atom. The van der Waals surface area contributed by atoms with Crippen molar-refractivity contribution in [3.05, 3.63) is 27.3 Å². The molecule has 0 atom stereocenters. The molecule has 0 heterocycles. The highest BCUT2D eigenvalue weighted by Crippen LogP contribution is 2.34. The van der Waals surface area contributed by atoms with Gasteiger partial charge < -0.3 is 4.74 Å². The first-order valence-corrected chi connectivity index (χ1v) is 3.67. The molecule has 0 aliphatic heterocycles. The van der Waals surface area contributed by atoms with E-state index in [1.54, 1.807) is 0 Å². The first kappa shape index (κ1) is 9.60. The Bertz CT molecular complexity index is 354. The number of benzene rings is 1. The Hall–Kier alpha value is -1.49. The van der Waals surface area contributed by atoms with Gasteiger partial charge >= 0.3 is 5.69 Å². The van der Waals surface area contributed by atoms with Crippen molar-refractivity contribution in [3.8, 4) is 5.75 Å². The molecular formula is C7H6ClN2O3. The topological polar surface area (TPSA) is 76.2 Å². The molecule has 0 bridgehead atoms. The van der Waals surface area contributed by atoms with Gasteiger partial charge in [-0.25, -0.2) is 0 Å². The van der Waals surface area contributed by atoms with Gasteiger partial charge in [0.15, 0.2) is 5.75 Å². The van der Waals surface area contributed by atoms with Crippen LogP contribution in [0.25, 0.3) is 0 Å². The van der Waals surface area contributed by atoms with Gasteiger partial charge in [-0.3, -0.25) is 15.8 Å². The highest BCUT2D eigenvalue weighted by atomic mass is 35.5. The molecule has 13 heavy (non-hydrogen) atoms. The fourth-order valence-corrected chi connectivity index (χ4v) is 1.01. The van der Waals surface area contributed by atoms with Gasteiger partial charge in [0.1, 0.15) is 0 Å². The summed E-state index contributed by atoms with van der Waals surface area (Å²) in [5.41, 5.74) is 7.04. The SMILES string of the molecule is COc1cc([NH])c(Cl)cc1[N+](=O)[O-]. The van der Waals surface area contributed by atoms with Gasteiger partial charge in [0.25, 0.3) is 0 Å². The van der Waals surface area contributed by atoms with Gasteiger partial charge in [0, 0.05) is 12.1 Å². The average Bonchev–Trinajstić information content (AvgIpc) is 2.08. The van der Waals surface area contributed by atoms with Crippen LogP contribution in [0.2, 0.25) is 5.02 Å². The molecule has 5 nitrogen and oxygen atoms in total. The van der Waals surface area contributed by atoms with Crippen molar-refractivity contribution < 1.29 is 9.66 Å². The lowest BCUT2D eigenvalue weighted by Crippen LogP contribution is -1.93. The molecule has 1 rings (SSSR count). The second-order valence-corrected chi connectivity index (χ2v) is 2.67. The van der Waals surface area contributed by atoms with Gasteiger partial charge in [-0.15, -0.1) is 0 Å². The second kappa shape index (κ2) is 3.49. The number of nitrogens with zero attached hydrogens (tertiary/aromatic N) is 1. The smallest absolute Gasteiger partial charge is 0.312 e. The fourth-order valence-electron chi connectivity index (χ4n) is 0.849. The van der Waals surface area contributed by atoms with Crippen molar-refractivity contribution in [2.75, 3.05) is 7.11 Å². The lowest BCUT2D eigenvalue weighted by molar-refractivity contribution is -0.385. The Morgan fingerprint density at radius 1 is 1.62 bits per heavy atom. The molecule has 1 N–H and O–H groups in total. The molecule has 1 radical (unpaired) electrons. The third-order valence-electron chi connectivity index (χ3n) is 1.47. The van der Waals surface area contributed by atoms with E-state index in [2.05, 4.69) is 0 Å². The van der Waals surface area contributed by atoms with E-state index < -0.39 is 4.92 Å². The molecule has 0 amide bonds. The maximum absolute atomic E-state index is 10.4. The van der Waals surface area contributed by atoms with Crippen LogP contribution >= 0.6 is 11.6 Å². The van der Waals surface area contributed by atoms with Gasteiger partial charge in [-0.05, 0) is 0 Å². The predicted molar refractivity (Wildman–Crippen MR) is 47.4 cm³/mol. The van der Waals surface area contributed by atoms with Gasteiger partial charge in [0.2, 0.25) is 0 Å². The quantitative estimate of drug-likeness (QED) is 0.544. The predicted octanol–water partition coefficient (Wildman–Crippen LogP) is 2.17. The van der Waals surface area contributed by atoms with Crippen LogP contribution < -0.4 is 10.5 Å². The summed E-state index contributed by atoms with van der Waals surface area (Å²) >= 11 is 5.54. The lowest BCUT2D eigenvalue weighted by Gasteiger charge is -2.02. The van der Waals surface area contributed by atoms with Crippen LogP contribution in [0, 0.1) is 10.1 Å². The molecule has 0 spiro atoms. The zero-order valence-electron chi connectivity index (χ0n) is 6.70. The summed E-state index contributed by atoms with van der Waals surface area (Å²) in [6, 6.07) is 2.31. The summed E-state index contributed by atoms with van der Waals surface area (Å²) < 4.78 is 4.72. The van der Waals surface area contributed by atoms with Gasteiger partial charge in [-0.2, -0.15) is 0 Å². The van der Waals surface area contributed by atoms with E-state index in [0.29, 0.717) is 0 Å². The molecule has 0 fully saturated rings. The Balaban J connectivity index is 3.33. The first-order valence-electron chi connectivity index (χ1n) is 3.29. The van der Waals surface area contributed by atoms with Crippen molar-refractivity contribution in [2.45, 2.75) is 0 Å². The summed E-state index contributed by atoms with van der Waals surface area (Å²) in [5, 5.41) is 10.5. The van der Waals surface area contributed by atoms with E-state index in [1.807, 2.05) is 0 Å². The summed E-state index contributed by atoms with van der Waals surface area (Å²) in [4.78, 5) is 9.84. The number of halogens is 1. The van der Waals surface area contributed by atoms with Crippen molar-refractivity contribution in [2.24, 2.45) is 0 Å². The lowest BCUT2D eigenvalue weighted by atomic mass is 10.2. The van der Waals surface area contributed by atoms with E-state index in [1.165, 1.54) is 13.2 Å². The zero-order valence-corrected chi connectivity index (χ0v) is 7.46. The van der Waals surface area contributed by atoms with Crippen LogP contribution in [0.4, 0.5) is 11.4 Å². The monoisotopic (exact) mass is 201 g/mol. The standard InChI is InChI=1S/C7H6ClN2O3/c1-13-7-3-5(9)4(8)2-6(7)10(11)12/h2-3,9H,1H3. The molecule has 6 heteroatoms. The van der Waals surface area contributed by atoms with Gasteiger partial charge in [0.05, 0.1) is 22.7 Å². The van der Waals surface area contributed by atoms with Crippen LogP contribution in [-0.4, -0.2) is 12.0 Å². The van der Waals surface area contributed by atoms with Crippen LogP contribution in [0.15, 0.2) is 12.1 Å². The van der Waals surface area contributed by atoms with Crippen molar-refractivity contribution in [3.63, 3.8) is 0 Å². The maximum Gasteiger partial charge on any atom is 0.312 e. The number of rotatable bonds is 2. The zero-order chi connectivity index (χ0) is 10.0. The summed E-state index contributed by atoms with van der Waals surface area (Å²) in [6.45, 7) is 0. The molecule has 0 aliphatic rings. The molecule has 1 aromatic carbocycles. The minimum atomic E-state index is -0.607. The molecule has 69 valence electrons. The number of nitro groups is 1. The second-order valence-electron chi connectivity index (χ2n) is 2.26. The van der Waals surface area contributed by atoms with Crippen LogP contribution in [-0.2, 0) is 0 Å². The molecule has 0 saturated carbocycles. The molecule has 0 saturated heterocycles. The van der Waals surface area contributed by atoms with Crippen LogP contribution in [0.3, 0.4) is 0 Å². The first-order chi connectivity index (χ1) is 6.06. The maximum atomic E-state index is 10.4. The van der Waals surface area contributed by atoms with E-state index in [4.69, 9.17) is 22.1 Å². The Labute approximate surface area is 79.2 Å². The number of hydrogen-bond donors (Lipinski definition) is 0. The number of nitrogens with one attached hydrogen (secondary N) is 1.